The molecule has 1 rings (SSSR count). The average Bonchev–Trinajstić information content (AvgIpc) is 2.29. The summed E-state index contributed by atoms with van der Waals surface area (Å²) >= 11 is 1.38. The van der Waals surface area contributed by atoms with Crippen molar-refractivity contribution in [3.63, 3.8) is 0 Å². The maximum absolute atomic E-state index is 13.5. The first-order valence-corrected chi connectivity index (χ1v) is 5.82. The summed E-state index contributed by atoms with van der Waals surface area (Å²) in [5.41, 5.74) is -0.429. The van der Waals surface area contributed by atoms with Crippen LogP contribution in [-0.2, 0) is 10.8 Å². The highest BCUT2D eigenvalue weighted by atomic mass is 32.2. The molecule has 0 aliphatic rings. The number of benzene rings is 1. The van der Waals surface area contributed by atoms with Crippen LogP contribution in [0.15, 0.2) is 28.1 Å². The van der Waals surface area contributed by atoms with Gasteiger partial charge in [0.2, 0.25) is 6.08 Å². The molecule has 0 N–H and O–H groups in total. The number of nitrogens with zero attached hydrogens (tertiary/aromatic N) is 1. The molecular weight excluding hydrogens is 248 g/mol. The molecule has 0 aromatic heterocycles. The quantitative estimate of drug-likeness (QED) is 0.353. The average molecular weight is 259 g/mol. The van der Waals surface area contributed by atoms with Gasteiger partial charge in [-0.15, -0.1) is 16.8 Å². The van der Waals surface area contributed by atoms with Gasteiger partial charge in [-0.2, -0.15) is 8.78 Å². The second-order valence-electron chi connectivity index (χ2n) is 3.01. The predicted octanol–water partition coefficient (Wildman–Crippen LogP) is 3.19. The molecule has 92 valence electrons. The van der Waals surface area contributed by atoms with Gasteiger partial charge in [0.1, 0.15) is 5.75 Å². The minimum atomic E-state index is -3.61. The monoisotopic (exact) mass is 259 g/mol. The second kappa shape index (κ2) is 5.80. The lowest BCUT2D eigenvalue weighted by molar-refractivity contribution is 0.00355. The molecule has 0 amide bonds. The Labute approximate surface area is 102 Å². The number of methoxy groups -OCH3 is 1. The fourth-order valence-corrected chi connectivity index (χ4v) is 2.16. The maximum atomic E-state index is 13.5. The zero-order chi connectivity index (χ0) is 12.9. The van der Waals surface area contributed by atoms with Crippen LogP contribution in [-0.4, -0.2) is 18.9 Å². The number of carbonyl (C=O) groups excluding carboxylic acids is 1. The van der Waals surface area contributed by atoms with Crippen LogP contribution in [0.1, 0.15) is 12.5 Å². The number of alkyl halides is 2. The van der Waals surface area contributed by atoms with Crippen molar-refractivity contribution < 1.29 is 18.3 Å². The van der Waals surface area contributed by atoms with E-state index in [0.29, 0.717) is 4.90 Å². The molecule has 0 fully saturated rings. The molecule has 0 atom stereocenters. The number of hydrogen-bond acceptors (Lipinski definition) is 4. The van der Waals surface area contributed by atoms with Crippen LogP contribution in [0.25, 0.3) is 0 Å². The van der Waals surface area contributed by atoms with Gasteiger partial charge < -0.3 is 4.74 Å². The van der Waals surface area contributed by atoms with Gasteiger partial charge in [0.05, 0.1) is 12.7 Å². The van der Waals surface area contributed by atoms with Crippen LogP contribution in [0.4, 0.5) is 8.78 Å². The highest BCUT2D eigenvalue weighted by Gasteiger charge is 2.35. The number of halogens is 2. The van der Waals surface area contributed by atoms with E-state index in [1.165, 1.54) is 31.0 Å². The molecule has 17 heavy (non-hydrogen) atoms. The van der Waals surface area contributed by atoms with E-state index in [1.807, 2.05) is 6.92 Å². The number of aliphatic imine (C=N–C) groups is 1. The number of hydrogen-bond donors (Lipinski definition) is 0. The molecule has 6 heteroatoms. The van der Waals surface area contributed by atoms with Gasteiger partial charge >= 0.3 is 6.05 Å². The number of ether oxygens (including phenoxy) is 1. The van der Waals surface area contributed by atoms with Crippen molar-refractivity contribution in [3.05, 3.63) is 23.8 Å². The summed E-state index contributed by atoms with van der Waals surface area (Å²) in [4.78, 5) is 13.1. The number of para-hydroxylation sites is 1. The lowest BCUT2D eigenvalue weighted by Crippen LogP contribution is -2.11. The van der Waals surface area contributed by atoms with E-state index < -0.39 is 11.6 Å². The third-order valence-electron chi connectivity index (χ3n) is 1.99. The first kappa shape index (κ1) is 13.7. The molecule has 0 aliphatic heterocycles. The predicted molar refractivity (Wildman–Crippen MR) is 61.4 cm³/mol. The van der Waals surface area contributed by atoms with E-state index in [2.05, 4.69) is 4.99 Å². The van der Waals surface area contributed by atoms with Gasteiger partial charge in [0.25, 0.3) is 0 Å². The first-order valence-electron chi connectivity index (χ1n) is 4.84. The van der Waals surface area contributed by atoms with E-state index in [-0.39, 0.29) is 5.75 Å². The SMILES string of the molecule is CCSc1cccc(C(F)(F)N=C=O)c1OC. The topological polar surface area (TPSA) is 38.7 Å². The number of thioether (sulfide) groups is 1. The van der Waals surface area contributed by atoms with E-state index in [1.54, 1.807) is 6.07 Å². The molecule has 0 spiro atoms. The van der Waals surface area contributed by atoms with Crippen LogP contribution in [0, 0.1) is 0 Å². The molecular formula is C11H11F2NO2S. The molecule has 1 aromatic carbocycles. The molecule has 0 radical (unpaired) electrons. The van der Waals surface area contributed by atoms with E-state index >= 15 is 0 Å². The second-order valence-corrected chi connectivity index (χ2v) is 4.32. The Hall–Kier alpha value is -1.39. The van der Waals surface area contributed by atoms with Crippen molar-refractivity contribution in [3.8, 4) is 5.75 Å². The highest BCUT2D eigenvalue weighted by molar-refractivity contribution is 7.99. The summed E-state index contributed by atoms with van der Waals surface area (Å²) in [7, 11) is 1.30. The van der Waals surface area contributed by atoms with Crippen molar-refractivity contribution in [1.82, 2.24) is 0 Å². The first-order chi connectivity index (χ1) is 8.06. The lowest BCUT2D eigenvalue weighted by Gasteiger charge is -2.16. The Kier molecular flexibility index (Phi) is 4.66. The van der Waals surface area contributed by atoms with Gasteiger partial charge in [0, 0.05) is 4.90 Å². The molecule has 3 nitrogen and oxygen atoms in total. The number of rotatable bonds is 5. The fraction of sp³-hybridized carbons (Fsp3) is 0.364. The van der Waals surface area contributed by atoms with Gasteiger partial charge in [-0.1, -0.05) is 13.0 Å². The van der Waals surface area contributed by atoms with Gasteiger partial charge in [-0.05, 0) is 17.9 Å². The van der Waals surface area contributed by atoms with E-state index in [9.17, 15) is 13.6 Å². The molecule has 0 heterocycles. The van der Waals surface area contributed by atoms with Crippen LogP contribution < -0.4 is 4.74 Å². The summed E-state index contributed by atoms with van der Waals surface area (Å²) < 4.78 is 32.0. The molecule has 0 unspecified atom stereocenters. The van der Waals surface area contributed by atoms with Gasteiger partial charge in [0.15, 0.2) is 0 Å². The van der Waals surface area contributed by atoms with E-state index in [0.717, 1.165) is 11.8 Å². The Balaban J connectivity index is 3.33. The minimum Gasteiger partial charge on any atom is -0.495 e. The van der Waals surface area contributed by atoms with Crippen molar-refractivity contribution in [1.29, 1.82) is 0 Å². The minimum absolute atomic E-state index is 0.0448. The summed E-state index contributed by atoms with van der Waals surface area (Å²) in [6.45, 7) is 1.90. The molecule has 0 saturated carbocycles. The van der Waals surface area contributed by atoms with Crippen LogP contribution in [0.3, 0.4) is 0 Å². The van der Waals surface area contributed by atoms with E-state index in [4.69, 9.17) is 4.74 Å². The molecule has 1 aromatic rings. The third kappa shape index (κ3) is 3.05. The lowest BCUT2D eigenvalue weighted by atomic mass is 10.1. The summed E-state index contributed by atoms with van der Waals surface area (Å²) in [6.07, 6.45) is 0.872. The third-order valence-corrected chi connectivity index (χ3v) is 2.91. The van der Waals surface area contributed by atoms with Crippen molar-refractivity contribution >= 4 is 17.8 Å². The van der Waals surface area contributed by atoms with Crippen LogP contribution in [0.2, 0.25) is 0 Å². The van der Waals surface area contributed by atoms with Gasteiger partial charge in [-0.25, -0.2) is 4.79 Å². The number of isocyanates is 1. The summed E-state index contributed by atoms with van der Waals surface area (Å²) in [5.74, 6) is 0.769. The van der Waals surface area contributed by atoms with Crippen molar-refractivity contribution in [2.75, 3.05) is 12.9 Å². The zero-order valence-corrected chi connectivity index (χ0v) is 10.2. The van der Waals surface area contributed by atoms with Gasteiger partial charge in [-0.3, -0.25) is 0 Å². The normalized spacial score (nSPS) is 10.8. The Bertz CT molecular complexity index is 445. The smallest absolute Gasteiger partial charge is 0.382 e. The summed E-state index contributed by atoms with van der Waals surface area (Å²) in [5, 5.41) is 0. The molecule has 0 bridgehead atoms. The molecule has 0 aliphatic carbocycles. The Morgan fingerprint density at radius 1 is 1.53 bits per heavy atom. The Morgan fingerprint density at radius 3 is 2.76 bits per heavy atom. The maximum Gasteiger partial charge on any atom is 0.382 e. The summed E-state index contributed by atoms with van der Waals surface area (Å²) in [6, 6.07) is 0.720. The van der Waals surface area contributed by atoms with Crippen LogP contribution >= 0.6 is 11.8 Å². The highest BCUT2D eigenvalue weighted by Crippen LogP contribution is 2.41. The Morgan fingerprint density at radius 2 is 2.24 bits per heavy atom. The van der Waals surface area contributed by atoms with Crippen LogP contribution in [0.5, 0.6) is 5.75 Å². The molecule has 0 saturated heterocycles. The zero-order valence-electron chi connectivity index (χ0n) is 9.37. The largest absolute Gasteiger partial charge is 0.495 e. The standard InChI is InChI=1S/C11H11F2NO2S/c1-3-17-9-6-4-5-8(10(9)16-2)11(12,13)14-7-15/h4-6H,3H2,1-2H3. The van der Waals surface area contributed by atoms with Crippen molar-refractivity contribution in [2.45, 2.75) is 17.9 Å². The fourth-order valence-electron chi connectivity index (χ4n) is 1.35. The van der Waals surface area contributed by atoms with Crippen molar-refractivity contribution in [2.24, 2.45) is 4.99 Å².